The number of aromatic nitrogens is 3. The lowest BCUT2D eigenvalue weighted by Gasteiger charge is -2.27. The number of fused-ring (bicyclic) bond motifs is 1. The SMILES string of the molecule is CC(Nc1nccc(N(C(C)C)S(=O)(=O)CC2CC2)n1)c1cc2cc(Cl)ccc2[nH]c1=O. The molecule has 170 valence electrons. The number of hydrogen-bond donors (Lipinski definition) is 2. The minimum atomic E-state index is -3.50. The standard InChI is InChI=1S/C22H26ClN5O3S/c1-13(2)28(32(30,31)12-15-4-5-15)20-8-9-24-22(27-20)25-14(3)18-11-16-10-17(23)6-7-19(16)26-21(18)29/h6-11,13-15H,4-5,12H2,1-3H3,(H,26,29)(H,24,25,27). The summed E-state index contributed by atoms with van der Waals surface area (Å²) in [5, 5.41) is 4.51. The highest BCUT2D eigenvalue weighted by Crippen LogP contribution is 2.33. The Hall–Kier alpha value is -2.65. The van der Waals surface area contributed by atoms with Crippen molar-refractivity contribution in [3.63, 3.8) is 0 Å². The molecule has 3 aromatic rings. The number of halogens is 1. The van der Waals surface area contributed by atoms with Gasteiger partial charge < -0.3 is 10.3 Å². The minimum Gasteiger partial charge on any atom is -0.347 e. The molecule has 0 aliphatic heterocycles. The minimum absolute atomic E-state index is 0.128. The Morgan fingerprint density at radius 2 is 1.97 bits per heavy atom. The van der Waals surface area contributed by atoms with Crippen LogP contribution in [0.25, 0.3) is 10.9 Å². The molecule has 10 heteroatoms. The molecule has 2 N–H and O–H groups in total. The molecule has 0 amide bonds. The molecule has 0 bridgehead atoms. The van der Waals surface area contributed by atoms with E-state index in [-0.39, 0.29) is 29.2 Å². The molecule has 0 spiro atoms. The summed E-state index contributed by atoms with van der Waals surface area (Å²) in [5.74, 6) is 0.912. The van der Waals surface area contributed by atoms with Gasteiger partial charge in [0.05, 0.1) is 11.8 Å². The molecule has 1 aliphatic rings. The zero-order chi connectivity index (χ0) is 23.0. The summed E-state index contributed by atoms with van der Waals surface area (Å²) in [5.41, 5.74) is 0.963. The second-order valence-electron chi connectivity index (χ2n) is 8.50. The highest BCUT2D eigenvalue weighted by molar-refractivity contribution is 7.92. The van der Waals surface area contributed by atoms with Gasteiger partial charge in [-0.1, -0.05) is 11.6 Å². The molecule has 1 aromatic carbocycles. The molecule has 1 saturated carbocycles. The average Bonchev–Trinajstić information content (AvgIpc) is 3.50. The summed E-state index contributed by atoms with van der Waals surface area (Å²) < 4.78 is 27.3. The van der Waals surface area contributed by atoms with E-state index in [0.29, 0.717) is 21.9 Å². The van der Waals surface area contributed by atoms with Gasteiger partial charge in [0.1, 0.15) is 5.82 Å². The van der Waals surface area contributed by atoms with E-state index in [2.05, 4.69) is 20.3 Å². The maximum Gasteiger partial charge on any atom is 0.253 e. The van der Waals surface area contributed by atoms with Crippen molar-refractivity contribution in [3.05, 3.63) is 57.5 Å². The molecule has 32 heavy (non-hydrogen) atoms. The lowest BCUT2D eigenvalue weighted by Crippen LogP contribution is -2.39. The highest BCUT2D eigenvalue weighted by atomic mass is 35.5. The van der Waals surface area contributed by atoms with Crippen LogP contribution < -0.4 is 15.2 Å². The third kappa shape index (κ3) is 4.88. The number of pyridine rings is 1. The number of sulfonamides is 1. The van der Waals surface area contributed by atoms with Crippen molar-refractivity contribution in [2.24, 2.45) is 5.92 Å². The van der Waals surface area contributed by atoms with Crippen LogP contribution in [0.1, 0.15) is 45.2 Å². The first-order valence-electron chi connectivity index (χ1n) is 10.6. The van der Waals surface area contributed by atoms with E-state index >= 15 is 0 Å². The quantitative estimate of drug-likeness (QED) is 0.507. The topological polar surface area (TPSA) is 108 Å². The molecular weight excluding hydrogens is 450 g/mol. The number of nitrogens with zero attached hydrogens (tertiary/aromatic N) is 3. The predicted molar refractivity (Wildman–Crippen MR) is 128 cm³/mol. The first-order valence-corrected chi connectivity index (χ1v) is 12.6. The van der Waals surface area contributed by atoms with Gasteiger partial charge >= 0.3 is 0 Å². The van der Waals surface area contributed by atoms with Crippen LogP contribution in [0.15, 0.2) is 41.3 Å². The summed E-state index contributed by atoms with van der Waals surface area (Å²) >= 11 is 6.08. The number of H-pyrrole nitrogens is 1. The van der Waals surface area contributed by atoms with E-state index < -0.39 is 16.1 Å². The Morgan fingerprint density at radius 3 is 2.66 bits per heavy atom. The molecular formula is C22H26ClN5O3S. The molecule has 1 unspecified atom stereocenters. The van der Waals surface area contributed by atoms with Crippen LogP contribution in [0.4, 0.5) is 11.8 Å². The maximum atomic E-state index is 13.0. The second-order valence-corrected chi connectivity index (χ2v) is 10.8. The molecule has 2 aromatic heterocycles. The predicted octanol–water partition coefficient (Wildman–Crippen LogP) is 4.10. The van der Waals surface area contributed by atoms with Crippen molar-refractivity contribution in [1.82, 2.24) is 15.0 Å². The summed E-state index contributed by atoms with van der Waals surface area (Å²) in [6, 6.07) is 7.92. The summed E-state index contributed by atoms with van der Waals surface area (Å²) in [4.78, 5) is 24.1. The fourth-order valence-electron chi connectivity index (χ4n) is 3.72. The van der Waals surface area contributed by atoms with Crippen molar-refractivity contribution in [2.45, 2.75) is 45.7 Å². The molecule has 0 radical (unpaired) electrons. The molecule has 0 saturated heterocycles. The third-order valence-corrected chi connectivity index (χ3v) is 7.76. The van der Waals surface area contributed by atoms with Crippen LogP contribution in [0, 0.1) is 5.92 Å². The largest absolute Gasteiger partial charge is 0.347 e. The van der Waals surface area contributed by atoms with E-state index in [9.17, 15) is 13.2 Å². The number of aromatic amines is 1. The van der Waals surface area contributed by atoms with E-state index in [1.807, 2.05) is 20.8 Å². The van der Waals surface area contributed by atoms with Crippen LogP contribution in [-0.2, 0) is 10.0 Å². The Balaban J connectivity index is 1.61. The third-order valence-electron chi connectivity index (χ3n) is 5.43. The lowest BCUT2D eigenvalue weighted by atomic mass is 10.1. The van der Waals surface area contributed by atoms with Gasteiger partial charge in [-0.2, -0.15) is 4.98 Å². The van der Waals surface area contributed by atoms with Crippen LogP contribution in [-0.4, -0.2) is 35.2 Å². The summed E-state index contributed by atoms with van der Waals surface area (Å²) in [6.07, 6.45) is 3.42. The van der Waals surface area contributed by atoms with Gasteiger partial charge in [-0.05, 0) is 63.8 Å². The lowest BCUT2D eigenvalue weighted by molar-refractivity contribution is 0.579. The van der Waals surface area contributed by atoms with Crippen LogP contribution in [0.5, 0.6) is 0 Å². The van der Waals surface area contributed by atoms with E-state index in [1.165, 1.54) is 10.5 Å². The van der Waals surface area contributed by atoms with Crippen molar-refractivity contribution in [3.8, 4) is 0 Å². The summed E-state index contributed by atoms with van der Waals surface area (Å²) in [7, 11) is -3.50. The fraction of sp³-hybridized carbons (Fsp3) is 0.409. The number of hydrogen-bond acceptors (Lipinski definition) is 6. The Bertz CT molecular complexity index is 1300. The first-order chi connectivity index (χ1) is 15.1. The van der Waals surface area contributed by atoms with Crippen molar-refractivity contribution in [2.75, 3.05) is 15.4 Å². The van der Waals surface area contributed by atoms with Gasteiger partial charge in [0, 0.05) is 39.8 Å². The Kier molecular flexibility index (Phi) is 6.13. The zero-order valence-corrected chi connectivity index (χ0v) is 19.7. The number of rotatable bonds is 8. The van der Waals surface area contributed by atoms with Gasteiger partial charge in [0.15, 0.2) is 0 Å². The van der Waals surface area contributed by atoms with Crippen molar-refractivity contribution < 1.29 is 8.42 Å². The fourth-order valence-corrected chi connectivity index (χ4v) is 6.02. The van der Waals surface area contributed by atoms with E-state index in [0.717, 1.165) is 18.2 Å². The smallest absolute Gasteiger partial charge is 0.253 e. The normalized spacial score (nSPS) is 15.2. The van der Waals surface area contributed by atoms with Gasteiger partial charge in [0.25, 0.3) is 5.56 Å². The highest BCUT2D eigenvalue weighted by Gasteiger charge is 2.34. The Labute approximate surface area is 192 Å². The number of nitrogens with one attached hydrogen (secondary N) is 2. The number of anilines is 2. The van der Waals surface area contributed by atoms with Gasteiger partial charge in [-0.3, -0.25) is 9.10 Å². The van der Waals surface area contributed by atoms with Crippen LogP contribution in [0.2, 0.25) is 5.02 Å². The first kappa shape index (κ1) is 22.5. The van der Waals surface area contributed by atoms with Crippen LogP contribution in [0.3, 0.4) is 0 Å². The van der Waals surface area contributed by atoms with Gasteiger partial charge in [-0.25, -0.2) is 13.4 Å². The summed E-state index contributed by atoms with van der Waals surface area (Å²) in [6.45, 7) is 5.46. The van der Waals surface area contributed by atoms with Crippen molar-refractivity contribution >= 4 is 44.3 Å². The maximum absolute atomic E-state index is 13.0. The number of benzene rings is 1. The molecule has 8 nitrogen and oxygen atoms in total. The average molecular weight is 476 g/mol. The molecule has 4 rings (SSSR count). The molecule has 1 aliphatic carbocycles. The van der Waals surface area contributed by atoms with E-state index in [4.69, 9.17) is 11.6 Å². The van der Waals surface area contributed by atoms with Crippen LogP contribution >= 0.6 is 11.6 Å². The van der Waals surface area contributed by atoms with E-state index in [1.54, 1.807) is 30.3 Å². The zero-order valence-electron chi connectivity index (χ0n) is 18.2. The molecule has 2 heterocycles. The van der Waals surface area contributed by atoms with Gasteiger partial charge in [0.2, 0.25) is 16.0 Å². The van der Waals surface area contributed by atoms with Gasteiger partial charge in [-0.15, -0.1) is 0 Å². The molecule has 1 fully saturated rings. The Morgan fingerprint density at radius 1 is 1.22 bits per heavy atom. The monoisotopic (exact) mass is 475 g/mol. The molecule has 1 atom stereocenters. The second kappa shape index (κ2) is 8.71. The van der Waals surface area contributed by atoms with Crippen molar-refractivity contribution in [1.29, 1.82) is 0 Å².